The van der Waals surface area contributed by atoms with Crippen molar-refractivity contribution in [2.75, 3.05) is 18.4 Å². The van der Waals surface area contributed by atoms with E-state index in [0.717, 1.165) is 15.2 Å². The van der Waals surface area contributed by atoms with E-state index in [9.17, 15) is 14.7 Å². The number of thiazole rings is 1. The number of anilines is 1. The largest absolute Gasteiger partial charge is 0.506 e. The first-order chi connectivity index (χ1) is 15.6. The third-order valence-electron chi connectivity index (χ3n) is 5.64. The molecule has 0 spiro atoms. The van der Waals surface area contributed by atoms with Crippen molar-refractivity contribution in [3.63, 3.8) is 0 Å². The van der Waals surface area contributed by atoms with Gasteiger partial charge in [-0.05, 0) is 49.2 Å². The summed E-state index contributed by atoms with van der Waals surface area (Å²) in [6.07, 6.45) is 1.10. The molecule has 32 heavy (non-hydrogen) atoms. The smallest absolute Gasteiger partial charge is 0.289 e. The van der Waals surface area contributed by atoms with Crippen LogP contribution in [0.25, 0.3) is 21.0 Å². The monoisotopic (exact) mass is 447 g/mol. The summed E-state index contributed by atoms with van der Waals surface area (Å²) in [6, 6.07) is 18.0. The number of benzene rings is 2. The number of carbonyl (C=O) groups excluding carboxylic acids is 2. The number of nitrogens with one attached hydrogen (secondary N) is 1. The normalized spacial score (nSPS) is 14.6. The molecular formula is C24H21N3O4S. The molecule has 2 amide bonds. The van der Waals surface area contributed by atoms with Crippen LogP contribution in [0, 0.1) is 5.92 Å². The van der Waals surface area contributed by atoms with Crippen molar-refractivity contribution < 1.29 is 19.1 Å². The molecule has 1 fully saturated rings. The molecule has 1 aliphatic heterocycles. The predicted molar refractivity (Wildman–Crippen MR) is 123 cm³/mol. The fraction of sp³-hybridized carbons (Fsp3) is 0.208. The highest BCUT2D eigenvalue weighted by Gasteiger charge is 2.29. The number of hydrogen-bond acceptors (Lipinski definition) is 6. The fourth-order valence-corrected chi connectivity index (χ4v) is 4.79. The van der Waals surface area contributed by atoms with Gasteiger partial charge >= 0.3 is 0 Å². The molecule has 1 saturated heterocycles. The number of nitrogens with zero attached hydrogens (tertiary/aromatic N) is 2. The number of para-hydroxylation sites is 3. The van der Waals surface area contributed by atoms with Crippen molar-refractivity contribution in [1.29, 1.82) is 0 Å². The van der Waals surface area contributed by atoms with Gasteiger partial charge < -0.3 is 19.7 Å². The molecule has 2 aromatic carbocycles. The summed E-state index contributed by atoms with van der Waals surface area (Å²) >= 11 is 1.52. The molecule has 1 aliphatic rings. The Morgan fingerprint density at radius 1 is 1.03 bits per heavy atom. The minimum Gasteiger partial charge on any atom is -0.506 e. The van der Waals surface area contributed by atoms with E-state index in [-0.39, 0.29) is 29.2 Å². The molecule has 0 aliphatic carbocycles. The summed E-state index contributed by atoms with van der Waals surface area (Å²) in [7, 11) is 0. The Hall–Kier alpha value is -3.65. The summed E-state index contributed by atoms with van der Waals surface area (Å²) < 4.78 is 6.90. The number of aromatic nitrogens is 1. The second-order valence-corrected chi connectivity index (χ2v) is 8.75. The van der Waals surface area contributed by atoms with E-state index in [1.165, 1.54) is 17.4 Å². The highest BCUT2D eigenvalue weighted by atomic mass is 32.1. The van der Waals surface area contributed by atoms with Crippen molar-refractivity contribution >= 4 is 39.1 Å². The number of likely N-dealkylation sites (tertiary alicyclic amines) is 1. The van der Waals surface area contributed by atoms with Crippen LogP contribution in [0.3, 0.4) is 0 Å². The van der Waals surface area contributed by atoms with Crippen LogP contribution in [-0.2, 0) is 4.79 Å². The first kappa shape index (κ1) is 20.3. The highest BCUT2D eigenvalue weighted by molar-refractivity contribution is 7.21. The van der Waals surface area contributed by atoms with Gasteiger partial charge in [-0.3, -0.25) is 9.59 Å². The maximum Gasteiger partial charge on any atom is 0.289 e. The lowest BCUT2D eigenvalue weighted by molar-refractivity contribution is -0.121. The van der Waals surface area contributed by atoms with Gasteiger partial charge in [0.05, 0.1) is 15.9 Å². The lowest BCUT2D eigenvalue weighted by Gasteiger charge is -2.30. The lowest BCUT2D eigenvalue weighted by Crippen LogP contribution is -2.41. The average Bonchev–Trinajstić information content (AvgIpc) is 3.47. The van der Waals surface area contributed by atoms with Crippen LogP contribution in [-0.4, -0.2) is 39.9 Å². The molecular weight excluding hydrogens is 426 g/mol. The van der Waals surface area contributed by atoms with Crippen molar-refractivity contribution in [2.24, 2.45) is 5.92 Å². The fourth-order valence-electron chi connectivity index (χ4n) is 3.86. The van der Waals surface area contributed by atoms with Crippen molar-refractivity contribution in [2.45, 2.75) is 12.8 Å². The summed E-state index contributed by atoms with van der Waals surface area (Å²) in [5.74, 6) is 0.346. The van der Waals surface area contributed by atoms with Crippen LogP contribution in [0.4, 0.5) is 5.69 Å². The third-order valence-corrected chi connectivity index (χ3v) is 6.69. The molecule has 0 unspecified atom stereocenters. The Morgan fingerprint density at radius 2 is 1.78 bits per heavy atom. The zero-order chi connectivity index (χ0) is 22.1. The molecule has 7 nitrogen and oxygen atoms in total. The molecule has 2 N–H and O–H groups in total. The minimum absolute atomic E-state index is 0.0372. The van der Waals surface area contributed by atoms with Crippen LogP contribution < -0.4 is 5.32 Å². The van der Waals surface area contributed by atoms with E-state index < -0.39 is 0 Å². The van der Waals surface area contributed by atoms with E-state index in [0.29, 0.717) is 37.4 Å². The van der Waals surface area contributed by atoms with Crippen LogP contribution >= 0.6 is 11.3 Å². The first-order valence-electron chi connectivity index (χ1n) is 10.4. The lowest BCUT2D eigenvalue weighted by atomic mass is 9.95. The number of hydrogen-bond donors (Lipinski definition) is 2. The SMILES string of the molecule is O=C(Nc1ccccc1O)C1CCN(C(=O)c2ccc(-c3nc4ccccc4s3)o2)CC1. The van der Waals surface area contributed by atoms with Gasteiger partial charge in [0.15, 0.2) is 16.5 Å². The number of aromatic hydroxyl groups is 1. The van der Waals surface area contributed by atoms with Crippen LogP contribution in [0.2, 0.25) is 0 Å². The van der Waals surface area contributed by atoms with Gasteiger partial charge in [-0.25, -0.2) is 4.98 Å². The zero-order valence-electron chi connectivity index (χ0n) is 17.2. The van der Waals surface area contributed by atoms with Crippen LogP contribution in [0.15, 0.2) is 65.1 Å². The maximum atomic E-state index is 12.9. The average molecular weight is 448 g/mol. The van der Waals surface area contributed by atoms with Gasteiger partial charge in [-0.1, -0.05) is 24.3 Å². The number of rotatable bonds is 4. The van der Waals surface area contributed by atoms with E-state index >= 15 is 0 Å². The maximum absolute atomic E-state index is 12.9. The zero-order valence-corrected chi connectivity index (χ0v) is 18.0. The number of furan rings is 1. The van der Waals surface area contributed by atoms with E-state index in [2.05, 4.69) is 10.3 Å². The topological polar surface area (TPSA) is 95.7 Å². The third kappa shape index (κ3) is 3.97. The quantitative estimate of drug-likeness (QED) is 0.440. The second-order valence-electron chi connectivity index (χ2n) is 7.72. The van der Waals surface area contributed by atoms with Gasteiger partial charge in [-0.2, -0.15) is 0 Å². The van der Waals surface area contributed by atoms with Crippen LogP contribution in [0.1, 0.15) is 23.4 Å². The number of piperidine rings is 1. The van der Waals surface area contributed by atoms with Gasteiger partial charge in [0, 0.05) is 19.0 Å². The van der Waals surface area contributed by atoms with Gasteiger partial charge in [-0.15, -0.1) is 11.3 Å². The number of phenolic OH excluding ortho intramolecular Hbond substituents is 1. The van der Waals surface area contributed by atoms with Crippen molar-refractivity contribution in [3.05, 3.63) is 66.4 Å². The Bertz CT molecular complexity index is 1250. The minimum atomic E-state index is -0.214. The molecule has 0 radical (unpaired) electrons. The highest BCUT2D eigenvalue weighted by Crippen LogP contribution is 2.32. The van der Waals surface area contributed by atoms with Crippen molar-refractivity contribution in [3.8, 4) is 16.5 Å². The van der Waals surface area contributed by atoms with E-state index in [1.807, 2.05) is 24.3 Å². The standard InChI is InChI=1S/C24H21N3O4S/c28-18-7-3-1-5-16(18)25-22(29)15-11-13-27(14-12-15)24(30)20-10-9-19(31-20)23-26-17-6-2-4-8-21(17)32-23/h1-10,15,28H,11-14H2,(H,25,29). The van der Waals surface area contributed by atoms with E-state index in [4.69, 9.17) is 4.42 Å². The molecule has 4 aromatic rings. The molecule has 162 valence electrons. The predicted octanol–water partition coefficient (Wildman–Crippen LogP) is 4.75. The Labute approximate surface area is 188 Å². The van der Waals surface area contributed by atoms with Crippen molar-refractivity contribution in [1.82, 2.24) is 9.88 Å². The Morgan fingerprint density at radius 3 is 2.56 bits per heavy atom. The molecule has 0 bridgehead atoms. The molecule has 0 atom stereocenters. The van der Waals surface area contributed by atoms with Gasteiger partial charge in [0.1, 0.15) is 5.75 Å². The first-order valence-corrected chi connectivity index (χ1v) is 11.2. The Kier molecular flexibility index (Phi) is 5.36. The molecule has 8 heteroatoms. The second kappa shape index (κ2) is 8.47. The summed E-state index contributed by atoms with van der Waals surface area (Å²) in [5.41, 5.74) is 1.30. The molecule has 0 saturated carbocycles. The van der Waals surface area contributed by atoms with E-state index in [1.54, 1.807) is 35.2 Å². The Balaban J connectivity index is 1.21. The number of phenols is 1. The number of carbonyl (C=O) groups is 2. The number of amides is 2. The van der Waals surface area contributed by atoms with Crippen LogP contribution in [0.5, 0.6) is 5.75 Å². The van der Waals surface area contributed by atoms with Gasteiger partial charge in [0.2, 0.25) is 5.91 Å². The molecule has 2 aromatic heterocycles. The summed E-state index contributed by atoms with van der Waals surface area (Å²) in [5, 5.41) is 13.4. The number of fused-ring (bicyclic) bond motifs is 1. The summed E-state index contributed by atoms with van der Waals surface area (Å²) in [4.78, 5) is 31.7. The molecule has 3 heterocycles. The summed E-state index contributed by atoms with van der Waals surface area (Å²) in [6.45, 7) is 0.934. The van der Waals surface area contributed by atoms with Gasteiger partial charge in [0.25, 0.3) is 5.91 Å². The molecule has 5 rings (SSSR count).